The van der Waals surface area contributed by atoms with Gasteiger partial charge in [0.15, 0.2) is 0 Å². The minimum Gasteiger partial charge on any atom is -0.497 e. The van der Waals surface area contributed by atoms with Gasteiger partial charge in [0.05, 0.1) is 17.3 Å². The van der Waals surface area contributed by atoms with E-state index in [2.05, 4.69) is 36.4 Å². The summed E-state index contributed by atoms with van der Waals surface area (Å²) < 4.78 is 6.42. The summed E-state index contributed by atoms with van der Waals surface area (Å²) in [7, 11) is 1.68. The standard InChI is InChI=1S/C22H18N2OS/c1-25-19-12-13-20-21(14-19)26-22(24-20)17-8-4-15(5-9-17)2-3-16-6-10-18(23)11-7-16/h2-14H,23H2,1H3/b3-2+. The number of hydrogen-bond acceptors (Lipinski definition) is 4. The molecule has 0 aliphatic carbocycles. The van der Waals surface area contributed by atoms with Crippen molar-refractivity contribution in [3.8, 4) is 16.3 Å². The Kier molecular flexibility index (Phi) is 4.42. The fourth-order valence-corrected chi connectivity index (χ4v) is 3.69. The van der Waals surface area contributed by atoms with Crippen molar-refractivity contribution >= 4 is 39.4 Å². The van der Waals surface area contributed by atoms with Gasteiger partial charge in [-0.25, -0.2) is 4.98 Å². The van der Waals surface area contributed by atoms with Crippen LogP contribution in [0, 0.1) is 0 Å². The zero-order valence-electron chi connectivity index (χ0n) is 14.3. The summed E-state index contributed by atoms with van der Waals surface area (Å²) in [5.74, 6) is 0.857. The molecule has 0 saturated carbocycles. The number of thiazole rings is 1. The molecule has 0 spiro atoms. The van der Waals surface area contributed by atoms with Crippen LogP contribution in [0.25, 0.3) is 32.9 Å². The molecule has 4 heteroatoms. The van der Waals surface area contributed by atoms with Crippen LogP contribution >= 0.6 is 11.3 Å². The van der Waals surface area contributed by atoms with E-state index in [4.69, 9.17) is 15.5 Å². The van der Waals surface area contributed by atoms with Crippen LogP contribution < -0.4 is 10.5 Å². The molecule has 2 N–H and O–H groups in total. The molecule has 1 heterocycles. The maximum absolute atomic E-state index is 5.71. The third-order valence-electron chi connectivity index (χ3n) is 4.16. The first kappa shape index (κ1) is 16.4. The van der Waals surface area contributed by atoms with E-state index in [1.54, 1.807) is 18.4 Å². The topological polar surface area (TPSA) is 48.1 Å². The Hall–Kier alpha value is -3.11. The molecule has 0 radical (unpaired) electrons. The summed E-state index contributed by atoms with van der Waals surface area (Å²) >= 11 is 1.68. The summed E-state index contributed by atoms with van der Waals surface area (Å²) in [6.07, 6.45) is 4.18. The Morgan fingerprint density at radius 2 is 1.54 bits per heavy atom. The van der Waals surface area contributed by atoms with Crippen molar-refractivity contribution in [1.82, 2.24) is 4.98 Å². The average molecular weight is 358 g/mol. The second-order valence-corrected chi connectivity index (χ2v) is 7.01. The van der Waals surface area contributed by atoms with E-state index in [-0.39, 0.29) is 0 Å². The van der Waals surface area contributed by atoms with E-state index in [0.29, 0.717) is 0 Å². The molecule has 1 aromatic heterocycles. The SMILES string of the molecule is COc1ccc2nc(-c3ccc(/C=C/c4ccc(N)cc4)cc3)sc2c1. The first-order chi connectivity index (χ1) is 12.7. The van der Waals surface area contributed by atoms with Crippen LogP contribution in [0.3, 0.4) is 0 Å². The third kappa shape index (κ3) is 3.46. The zero-order chi connectivity index (χ0) is 17.9. The monoisotopic (exact) mass is 358 g/mol. The molecule has 0 aliphatic heterocycles. The maximum Gasteiger partial charge on any atom is 0.124 e. The van der Waals surface area contributed by atoms with E-state index in [0.717, 1.165) is 43.4 Å². The smallest absolute Gasteiger partial charge is 0.124 e. The Balaban J connectivity index is 1.56. The third-order valence-corrected chi connectivity index (χ3v) is 5.23. The summed E-state index contributed by atoms with van der Waals surface area (Å²) in [4.78, 5) is 4.72. The number of rotatable bonds is 4. The minimum atomic E-state index is 0.778. The second-order valence-electron chi connectivity index (χ2n) is 5.97. The van der Waals surface area contributed by atoms with Crippen LogP contribution in [0.4, 0.5) is 5.69 Å². The molecule has 0 amide bonds. The van der Waals surface area contributed by atoms with Crippen LogP contribution in [-0.2, 0) is 0 Å². The van der Waals surface area contributed by atoms with Gasteiger partial charge in [-0.2, -0.15) is 0 Å². The van der Waals surface area contributed by atoms with Crippen LogP contribution in [0.5, 0.6) is 5.75 Å². The lowest BCUT2D eigenvalue weighted by molar-refractivity contribution is 0.415. The number of hydrogen-bond donors (Lipinski definition) is 1. The molecule has 26 heavy (non-hydrogen) atoms. The molecule has 3 nitrogen and oxygen atoms in total. The predicted octanol–water partition coefficient (Wildman–Crippen LogP) is 5.72. The number of nitrogens with zero attached hydrogens (tertiary/aromatic N) is 1. The van der Waals surface area contributed by atoms with Gasteiger partial charge >= 0.3 is 0 Å². The van der Waals surface area contributed by atoms with E-state index < -0.39 is 0 Å². The lowest BCUT2D eigenvalue weighted by Crippen LogP contribution is -1.82. The van der Waals surface area contributed by atoms with E-state index in [1.165, 1.54) is 0 Å². The summed E-state index contributed by atoms with van der Waals surface area (Å²) in [6, 6.07) is 22.2. The van der Waals surface area contributed by atoms with Gasteiger partial charge in [-0.1, -0.05) is 48.6 Å². The summed E-state index contributed by atoms with van der Waals surface area (Å²) in [6.45, 7) is 0. The van der Waals surface area contributed by atoms with Gasteiger partial charge < -0.3 is 10.5 Å². The molecule has 4 aromatic rings. The maximum atomic E-state index is 5.71. The number of fused-ring (bicyclic) bond motifs is 1. The normalized spacial score (nSPS) is 11.3. The van der Waals surface area contributed by atoms with Crippen molar-refractivity contribution in [1.29, 1.82) is 0 Å². The highest BCUT2D eigenvalue weighted by atomic mass is 32.1. The molecule has 0 fully saturated rings. The van der Waals surface area contributed by atoms with Gasteiger partial charge in [0, 0.05) is 11.3 Å². The van der Waals surface area contributed by atoms with Crippen molar-refractivity contribution in [2.75, 3.05) is 12.8 Å². The van der Waals surface area contributed by atoms with Crippen molar-refractivity contribution in [3.63, 3.8) is 0 Å². The van der Waals surface area contributed by atoms with Crippen molar-refractivity contribution in [2.24, 2.45) is 0 Å². The van der Waals surface area contributed by atoms with Gasteiger partial charge in [-0.3, -0.25) is 0 Å². The Morgan fingerprint density at radius 1 is 0.885 bits per heavy atom. The summed E-state index contributed by atoms with van der Waals surface area (Å²) in [5, 5.41) is 1.02. The van der Waals surface area contributed by atoms with E-state index in [1.807, 2.05) is 42.5 Å². The van der Waals surface area contributed by atoms with Gasteiger partial charge in [0.2, 0.25) is 0 Å². The highest BCUT2D eigenvalue weighted by molar-refractivity contribution is 7.21. The second kappa shape index (κ2) is 7.02. The molecular formula is C22H18N2OS. The fourth-order valence-electron chi connectivity index (χ4n) is 2.69. The predicted molar refractivity (Wildman–Crippen MR) is 111 cm³/mol. The quantitative estimate of drug-likeness (QED) is 0.375. The number of nitrogens with two attached hydrogens (primary N) is 1. The molecule has 4 rings (SSSR count). The number of benzene rings is 3. The molecule has 128 valence electrons. The van der Waals surface area contributed by atoms with Gasteiger partial charge in [-0.05, 0) is 41.5 Å². The van der Waals surface area contributed by atoms with Gasteiger partial charge in [0.25, 0.3) is 0 Å². The van der Waals surface area contributed by atoms with Crippen molar-refractivity contribution in [3.05, 3.63) is 77.9 Å². The lowest BCUT2D eigenvalue weighted by atomic mass is 10.1. The molecule has 0 bridgehead atoms. The highest BCUT2D eigenvalue weighted by Crippen LogP contribution is 2.32. The first-order valence-electron chi connectivity index (χ1n) is 8.30. The number of nitrogen functional groups attached to an aromatic ring is 1. The lowest BCUT2D eigenvalue weighted by Gasteiger charge is -1.98. The number of aromatic nitrogens is 1. The van der Waals surface area contributed by atoms with Crippen LogP contribution in [0.1, 0.15) is 11.1 Å². The first-order valence-corrected chi connectivity index (χ1v) is 9.11. The van der Waals surface area contributed by atoms with Crippen LogP contribution in [0.15, 0.2) is 66.7 Å². The van der Waals surface area contributed by atoms with Crippen LogP contribution in [-0.4, -0.2) is 12.1 Å². The van der Waals surface area contributed by atoms with Crippen molar-refractivity contribution < 1.29 is 4.74 Å². The number of ether oxygens (including phenoxy) is 1. The van der Waals surface area contributed by atoms with Gasteiger partial charge in [0.1, 0.15) is 10.8 Å². The largest absolute Gasteiger partial charge is 0.497 e. The van der Waals surface area contributed by atoms with Gasteiger partial charge in [-0.15, -0.1) is 11.3 Å². The number of anilines is 1. The average Bonchev–Trinajstić information content (AvgIpc) is 3.11. The minimum absolute atomic E-state index is 0.778. The molecule has 0 saturated heterocycles. The Bertz CT molecular complexity index is 1060. The van der Waals surface area contributed by atoms with Crippen molar-refractivity contribution in [2.45, 2.75) is 0 Å². The Labute approximate surface area is 156 Å². The van der Waals surface area contributed by atoms with E-state index >= 15 is 0 Å². The highest BCUT2D eigenvalue weighted by Gasteiger charge is 2.07. The zero-order valence-corrected chi connectivity index (χ0v) is 15.2. The molecule has 0 unspecified atom stereocenters. The molecule has 0 atom stereocenters. The summed E-state index contributed by atoms with van der Waals surface area (Å²) in [5.41, 5.74) is 10.9. The fraction of sp³-hybridized carbons (Fsp3) is 0.0455. The molecule has 3 aromatic carbocycles. The molecule has 0 aliphatic rings. The number of methoxy groups -OCH3 is 1. The Morgan fingerprint density at radius 3 is 2.19 bits per heavy atom. The van der Waals surface area contributed by atoms with E-state index in [9.17, 15) is 0 Å². The molecular weight excluding hydrogens is 340 g/mol. The van der Waals surface area contributed by atoms with Crippen LogP contribution in [0.2, 0.25) is 0 Å².